The second-order valence-electron chi connectivity index (χ2n) is 6.74. The molecule has 3 heterocycles. The molecule has 1 fully saturated rings. The van der Waals surface area contributed by atoms with E-state index in [0.717, 1.165) is 34.7 Å². The van der Waals surface area contributed by atoms with Crippen LogP contribution in [0.2, 0.25) is 0 Å². The number of rotatable bonds is 6. The van der Waals surface area contributed by atoms with Crippen LogP contribution in [0.3, 0.4) is 0 Å². The maximum Gasteiger partial charge on any atom is 0.221 e. The summed E-state index contributed by atoms with van der Waals surface area (Å²) in [5.74, 6) is 2.38. The van der Waals surface area contributed by atoms with E-state index in [1.165, 1.54) is 0 Å². The average Bonchev–Trinajstić information content (AvgIpc) is 3.31. The minimum absolute atomic E-state index is 0.451. The number of methoxy groups -OCH3 is 1. The molecule has 0 unspecified atom stereocenters. The monoisotopic (exact) mass is 350 g/mol. The van der Waals surface area contributed by atoms with Crippen LogP contribution in [0, 0.1) is 12.8 Å². The van der Waals surface area contributed by atoms with Crippen molar-refractivity contribution in [2.24, 2.45) is 13.0 Å². The van der Waals surface area contributed by atoms with Gasteiger partial charge in [-0.25, -0.2) is 4.98 Å². The Morgan fingerprint density at radius 3 is 2.77 bits per heavy atom. The van der Waals surface area contributed by atoms with Gasteiger partial charge < -0.3 is 9.47 Å². The summed E-state index contributed by atoms with van der Waals surface area (Å²) >= 11 is 0. The Morgan fingerprint density at radius 1 is 1.19 bits per heavy atom. The molecule has 0 aromatic carbocycles. The van der Waals surface area contributed by atoms with E-state index in [2.05, 4.69) is 15.1 Å². The highest BCUT2D eigenvalue weighted by Gasteiger charge is 2.40. The smallest absolute Gasteiger partial charge is 0.221 e. The van der Waals surface area contributed by atoms with Gasteiger partial charge in [0.2, 0.25) is 5.88 Å². The summed E-state index contributed by atoms with van der Waals surface area (Å²) in [5.41, 5.74) is 4.03. The molecule has 1 aliphatic carbocycles. The summed E-state index contributed by atoms with van der Waals surface area (Å²) in [5, 5.41) is 4.24. The SMILES string of the molecule is COc1ccc([C@H]2C[C@@H]2COc2nc(C)ccc2-c2cnn(C)c2)nc1. The molecule has 0 aliphatic heterocycles. The van der Waals surface area contributed by atoms with E-state index in [1.807, 2.05) is 50.6 Å². The maximum absolute atomic E-state index is 6.10. The molecular weight excluding hydrogens is 328 g/mol. The van der Waals surface area contributed by atoms with Crippen LogP contribution in [-0.4, -0.2) is 33.5 Å². The molecule has 0 bridgehead atoms. The fourth-order valence-corrected chi connectivity index (χ4v) is 3.13. The van der Waals surface area contributed by atoms with Gasteiger partial charge in [0.1, 0.15) is 5.75 Å². The molecule has 0 spiro atoms. The van der Waals surface area contributed by atoms with Crippen LogP contribution in [0.1, 0.15) is 23.7 Å². The molecule has 2 atom stereocenters. The number of hydrogen-bond donors (Lipinski definition) is 0. The van der Waals surface area contributed by atoms with Crippen LogP contribution in [0.15, 0.2) is 42.9 Å². The van der Waals surface area contributed by atoms with Gasteiger partial charge in [-0.05, 0) is 37.6 Å². The summed E-state index contributed by atoms with van der Waals surface area (Å²) < 4.78 is 13.1. The molecule has 1 aliphatic rings. The van der Waals surface area contributed by atoms with Crippen molar-refractivity contribution in [3.63, 3.8) is 0 Å². The van der Waals surface area contributed by atoms with Crippen LogP contribution >= 0.6 is 0 Å². The van der Waals surface area contributed by atoms with Crippen LogP contribution in [0.4, 0.5) is 0 Å². The summed E-state index contributed by atoms with van der Waals surface area (Å²) in [7, 11) is 3.56. The van der Waals surface area contributed by atoms with Crippen molar-refractivity contribution < 1.29 is 9.47 Å². The van der Waals surface area contributed by atoms with E-state index in [1.54, 1.807) is 18.0 Å². The molecule has 1 saturated carbocycles. The molecule has 6 heteroatoms. The second kappa shape index (κ2) is 6.78. The Balaban J connectivity index is 1.44. The Bertz CT molecular complexity index is 904. The molecule has 134 valence electrons. The molecule has 0 amide bonds. The first-order chi connectivity index (χ1) is 12.6. The van der Waals surface area contributed by atoms with Crippen molar-refractivity contribution in [1.82, 2.24) is 19.7 Å². The predicted octanol–water partition coefficient (Wildman–Crippen LogP) is 3.38. The zero-order valence-electron chi connectivity index (χ0n) is 15.2. The zero-order valence-corrected chi connectivity index (χ0v) is 15.2. The van der Waals surface area contributed by atoms with Crippen molar-refractivity contribution in [2.45, 2.75) is 19.3 Å². The third-order valence-corrected chi connectivity index (χ3v) is 4.75. The molecular formula is C20H22N4O2. The lowest BCUT2D eigenvalue weighted by molar-refractivity contribution is 0.286. The van der Waals surface area contributed by atoms with Crippen LogP contribution < -0.4 is 9.47 Å². The third kappa shape index (κ3) is 3.40. The lowest BCUT2D eigenvalue weighted by Gasteiger charge is -2.10. The Labute approximate surface area is 152 Å². The standard InChI is InChI=1S/C20H22N4O2/c1-13-4-6-17(15-9-22-24(2)11-15)20(23-13)26-12-14-8-18(14)19-7-5-16(25-3)10-21-19/h4-7,9-11,14,18H,8,12H2,1-3H3/t14-,18+/m1/s1. The highest BCUT2D eigenvalue weighted by atomic mass is 16.5. The summed E-state index contributed by atoms with van der Waals surface area (Å²) in [6.07, 6.45) is 6.67. The topological polar surface area (TPSA) is 62.1 Å². The Morgan fingerprint density at radius 2 is 2.08 bits per heavy atom. The van der Waals surface area contributed by atoms with Crippen LogP contribution in [-0.2, 0) is 7.05 Å². The quantitative estimate of drug-likeness (QED) is 0.682. The minimum Gasteiger partial charge on any atom is -0.495 e. The van der Waals surface area contributed by atoms with E-state index in [-0.39, 0.29) is 0 Å². The first kappa shape index (κ1) is 16.6. The van der Waals surface area contributed by atoms with Crippen molar-refractivity contribution in [2.75, 3.05) is 13.7 Å². The first-order valence-corrected chi connectivity index (χ1v) is 8.73. The largest absolute Gasteiger partial charge is 0.495 e. The molecule has 6 nitrogen and oxygen atoms in total. The van der Waals surface area contributed by atoms with Crippen molar-refractivity contribution in [3.05, 3.63) is 54.2 Å². The molecule has 0 radical (unpaired) electrons. The van der Waals surface area contributed by atoms with E-state index < -0.39 is 0 Å². The fourth-order valence-electron chi connectivity index (χ4n) is 3.13. The van der Waals surface area contributed by atoms with Gasteiger partial charge in [0, 0.05) is 47.6 Å². The van der Waals surface area contributed by atoms with E-state index in [0.29, 0.717) is 24.3 Å². The Hall–Kier alpha value is -2.89. The number of aryl methyl sites for hydroxylation is 2. The maximum atomic E-state index is 6.10. The molecule has 4 rings (SSSR count). The lowest BCUT2D eigenvalue weighted by atomic mass is 10.1. The molecule has 0 N–H and O–H groups in total. The fraction of sp³-hybridized carbons (Fsp3) is 0.350. The lowest BCUT2D eigenvalue weighted by Crippen LogP contribution is -2.04. The van der Waals surface area contributed by atoms with Crippen LogP contribution in [0.25, 0.3) is 11.1 Å². The van der Waals surface area contributed by atoms with Gasteiger partial charge in [-0.3, -0.25) is 9.67 Å². The van der Waals surface area contributed by atoms with Crippen LogP contribution in [0.5, 0.6) is 11.6 Å². The van der Waals surface area contributed by atoms with Gasteiger partial charge in [-0.1, -0.05) is 0 Å². The van der Waals surface area contributed by atoms with Gasteiger partial charge in [-0.15, -0.1) is 0 Å². The minimum atomic E-state index is 0.451. The summed E-state index contributed by atoms with van der Waals surface area (Å²) in [6, 6.07) is 8.04. The first-order valence-electron chi connectivity index (χ1n) is 8.73. The normalized spacial score (nSPS) is 18.6. The van der Waals surface area contributed by atoms with E-state index in [4.69, 9.17) is 9.47 Å². The van der Waals surface area contributed by atoms with E-state index >= 15 is 0 Å². The van der Waals surface area contributed by atoms with Gasteiger partial charge in [0.05, 0.1) is 26.1 Å². The number of aromatic nitrogens is 4. The Kier molecular flexibility index (Phi) is 4.32. The zero-order chi connectivity index (χ0) is 18.1. The van der Waals surface area contributed by atoms with Gasteiger partial charge in [0.15, 0.2) is 0 Å². The van der Waals surface area contributed by atoms with Crippen molar-refractivity contribution in [3.8, 4) is 22.8 Å². The van der Waals surface area contributed by atoms with Gasteiger partial charge >= 0.3 is 0 Å². The highest BCUT2D eigenvalue weighted by molar-refractivity contribution is 5.67. The second-order valence-corrected chi connectivity index (χ2v) is 6.74. The van der Waals surface area contributed by atoms with E-state index in [9.17, 15) is 0 Å². The number of pyridine rings is 2. The van der Waals surface area contributed by atoms with Crippen molar-refractivity contribution in [1.29, 1.82) is 0 Å². The molecule has 26 heavy (non-hydrogen) atoms. The molecule has 3 aromatic rings. The number of hydrogen-bond acceptors (Lipinski definition) is 5. The number of ether oxygens (including phenoxy) is 2. The van der Waals surface area contributed by atoms with Gasteiger partial charge in [0.25, 0.3) is 0 Å². The highest BCUT2D eigenvalue weighted by Crippen LogP contribution is 2.47. The van der Waals surface area contributed by atoms with Gasteiger partial charge in [-0.2, -0.15) is 5.10 Å². The number of nitrogens with zero attached hydrogens (tertiary/aromatic N) is 4. The van der Waals surface area contributed by atoms with Crippen molar-refractivity contribution >= 4 is 0 Å². The summed E-state index contributed by atoms with van der Waals surface area (Å²) in [6.45, 7) is 2.61. The average molecular weight is 350 g/mol. The predicted molar refractivity (Wildman–Crippen MR) is 98.3 cm³/mol. The molecule has 0 saturated heterocycles. The molecule has 3 aromatic heterocycles. The summed E-state index contributed by atoms with van der Waals surface area (Å²) in [4.78, 5) is 9.08. The third-order valence-electron chi connectivity index (χ3n) is 4.75.